The SMILES string of the molecule is Cc1cc(N2C(=O)c3c(c(C4CC4)nn3C)[C@@H]2c2ccc(Cl)cc2)cn2c(C)nnc12. The maximum absolute atomic E-state index is 13.8. The van der Waals surface area contributed by atoms with Gasteiger partial charge in [0, 0.05) is 29.7 Å². The lowest BCUT2D eigenvalue weighted by molar-refractivity contribution is 0.0984. The van der Waals surface area contributed by atoms with E-state index in [4.69, 9.17) is 16.7 Å². The summed E-state index contributed by atoms with van der Waals surface area (Å²) in [6.07, 6.45) is 4.19. The number of aryl methyl sites for hydroxylation is 3. The predicted molar refractivity (Wildman–Crippen MR) is 118 cm³/mol. The van der Waals surface area contributed by atoms with Crippen LogP contribution in [0.4, 0.5) is 5.69 Å². The van der Waals surface area contributed by atoms with E-state index < -0.39 is 0 Å². The van der Waals surface area contributed by atoms with Crippen molar-refractivity contribution in [2.24, 2.45) is 7.05 Å². The molecule has 4 heterocycles. The Bertz CT molecular complexity index is 1370. The highest BCUT2D eigenvalue weighted by Crippen LogP contribution is 2.50. The second-order valence-electron chi connectivity index (χ2n) is 8.50. The van der Waals surface area contributed by atoms with Gasteiger partial charge < -0.3 is 0 Å². The van der Waals surface area contributed by atoms with Crippen molar-refractivity contribution in [1.82, 2.24) is 24.4 Å². The van der Waals surface area contributed by atoms with Gasteiger partial charge in [0.2, 0.25) is 0 Å². The molecule has 0 unspecified atom stereocenters. The van der Waals surface area contributed by atoms with Crippen molar-refractivity contribution < 1.29 is 4.79 Å². The molecule has 3 aromatic heterocycles. The van der Waals surface area contributed by atoms with Gasteiger partial charge in [0.15, 0.2) is 5.65 Å². The molecule has 1 fully saturated rings. The largest absolute Gasteiger partial charge is 0.294 e. The molecule has 1 aromatic carbocycles. The third-order valence-electron chi connectivity index (χ3n) is 6.34. The molecule has 7 nitrogen and oxygen atoms in total. The molecule has 1 saturated carbocycles. The first-order valence-electron chi connectivity index (χ1n) is 10.4. The molecule has 6 rings (SSSR count). The van der Waals surface area contributed by atoms with E-state index in [9.17, 15) is 4.79 Å². The first kappa shape index (κ1) is 18.6. The molecule has 1 amide bonds. The van der Waals surface area contributed by atoms with Crippen molar-refractivity contribution >= 4 is 28.8 Å². The number of hydrogen-bond donors (Lipinski definition) is 0. The van der Waals surface area contributed by atoms with Gasteiger partial charge in [0.1, 0.15) is 11.5 Å². The molecule has 1 atom stereocenters. The lowest BCUT2D eigenvalue weighted by Crippen LogP contribution is -2.30. The molecule has 1 aliphatic heterocycles. The second-order valence-corrected chi connectivity index (χ2v) is 8.93. The summed E-state index contributed by atoms with van der Waals surface area (Å²) < 4.78 is 3.70. The summed E-state index contributed by atoms with van der Waals surface area (Å²) in [6.45, 7) is 3.91. The zero-order valence-corrected chi connectivity index (χ0v) is 18.3. The highest BCUT2D eigenvalue weighted by molar-refractivity contribution is 6.30. The number of rotatable bonds is 3. The van der Waals surface area contributed by atoms with E-state index in [0.717, 1.165) is 52.4 Å². The fraction of sp³-hybridized carbons (Fsp3) is 0.304. The Balaban J connectivity index is 1.60. The second kappa shape index (κ2) is 6.40. The van der Waals surface area contributed by atoms with Crippen molar-refractivity contribution in [2.75, 3.05) is 4.90 Å². The molecule has 1 aliphatic carbocycles. The van der Waals surface area contributed by atoms with Crippen LogP contribution in [0.25, 0.3) is 5.65 Å². The lowest BCUT2D eigenvalue weighted by Gasteiger charge is -2.27. The Morgan fingerprint density at radius 2 is 1.84 bits per heavy atom. The number of fused-ring (bicyclic) bond motifs is 2. The van der Waals surface area contributed by atoms with Gasteiger partial charge in [-0.15, -0.1) is 10.2 Å². The minimum atomic E-state index is -0.252. The molecule has 0 N–H and O–H groups in total. The summed E-state index contributed by atoms with van der Waals surface area (Å²) in [7, 11) is 1.86. The van der Waals surface area contributed by atoms with Crippen LogP contribution in [0.3, 0.4) is 0 Å². The lowest BCUT2D eigenvalue weighted by atomic mass is 9.97. The molecule has 31 heavy (non-hydrogen) atoms. The third-order valence-corrected chi connectivity index (χ3v) is 6.59. The Hall–Kier alpha value is -3.19. The Labute approximate surface area is 184 Å². The van der Waals surface area contributed by atoms with E-state index >= 15 is 0 Å². The van der Waals surface area contributed by atoms with E-state index in [2.05, 4.69) is 10.2 Å². The van der Waals surface area contributed by atoms with Gasteiger partial charge in [0.05, 0.1) is 17.4 Å². The number of anilines is 1. The highest BCUT2D eigenvalue weighted by atomic mass is 35.5. The summed E-state index contributed by atoms with van der Waals surface area (Å²) >= 11 is 6.17. The van der Waals surface area contributed by atoms with E-state index in [0.29, 0.717) is 16.6 Å². The quantitative estimate of drug-likeness (QED) is 0.482. The summed E-state index contributed by atoms with van der Waals surface area (Å²) in [4.78, 5) is 15.7. The molecule has 4 aromatic rings. The first-order chi connectivity index (χ1) is 14.9. The number of halogens is 1. The highest BCUT2D eigenvalue weighted by Gasteiger charge is 2.46. The Morgan fingerprint density at radius 1 is 1.10 bits per heavy atom. The van der Waals surface area contributed by atoms with Gasteiger partial charge in [-0.2, -0.15) is 5.10 Å². The van der Waals surface area contributed by atoms with Gasteiger partial charge in [-0.1, -0.05) is 23.7 Å². The smallest absolute Gasteiger partial charge is 0.277 e. The van der Waals surface area contributed by atoms with E-state index in [1.807, 2.05) is 66.7 Å². The van der Waals surface area contributed by atoms with Crippen LogP contribution in [0.2, 0.25) is 5.02 Å². The van der Waals surface area contributed by atoms with Crippen molar-refractivity contribution in [3.63, 3.8) is 0 Å². The van der Waals surface area contributed by atoms with Crippen molar-refractivity contribution in [2.45, 2.75) is 38.6 Å². The summed E-state index contributed by atoms with van der Waals surface area (Å²) in [5.74, 6) is 1.18. The van der Waals surface area contributed by atoms with Crippen LogP contribution in [0.1, 0.15) is 63.5 Å². The minimum absolute atomic E-state index is 0.0404. The van der Waals surface area contributed by atoms with Gasteiger partial charge in [-0.25, -0.2) is 0 Å². The third kappa shape index (κ3) is 2.66. The van der Waals surface area contributed by atoms with Crippen LogP contribution in [0.15, 0.2) is 36.5 Å². The summed E-state index contributed by atoms with van der Waals surface area (Å²) in [5, 5.41) is 13.9. The van der Waals surface area contributed by atoms with E-state index in [1.54, 1.807) is 4.68 Å². The molecule has 156 valence electrons. The van der Waals surface area contributed by atoms with Crippen molar-refractivity contribution in [3.8, 4) is 0 Å². The van der Waals surface area contributed by atoms with Gasteiger partial charge in [-0.05, 0) is 56.0 Å². The molecular formula is C23H21ClN6O. The zero-order chi connectivity index (χ0) is 21.4. The number of aromatic nitrogens is 5. The number of carbonyl (C=O) groups is 1. The minimum Gasteiger partial charge on any atom is -0.294 e. The predicted octanol–water partition coefficient (Wildman–Crippen LogP) is 4.36. The molecule has 0 spiro atoms. The standard InChI is InChI=1S/C23H21ClN6O/c1-12-10-17(11-29-13(2)25-26-22(12)29)30-20(15-6-8-16(24)9-7-15)18-19(14-4-5-14)27-28(3)21(18)23(30)31/h6-11,14,20H,4-5H2,1-3H3/t20-/m0/s1. The topological polar surface area (TPSA) is 68.3 Å². The molecular weight excluding hydrogens is 412 g/mol. The fourth-order valence-electron chi connectivity index (χ4n) is 4.71. The monoisotopic (exact) mass is 432 g/mol. The van der Waals surface area contributed by atoms with E-state index in [1.165, 1.54) is 0 Å². The molecule has 0 bridgehead atoms. The number of carbonyl (C=O) groups excluding carboxylic acids is 1. The average Bonchev–Trinajstić information content (AvgIpc) is 3.34. The zero-order valence-electron chi connectivity index (χ0n) is 17.5. The fourth-order valence-corrected chi connectivity index (χ4v) is 4.84. The van der Waals surface area contributed by atoms with Crippen LogP contribution in [0, 0.1) is 13.8 Å². The van der Waals surface area contributed by atoms with Crippen molar-refractivity contribution in [1.29, 1.82) is 0 Å². The number of nitrogens with zero attached hydrogens (tertiary/aromatic N) is 6. The molecule has 2 aliphatic rings. The molecule has 0 saturated heterocycles. The molecule has 8 heteroatoms. The number of benzene rings is 1. The van der Waals surface area contributed by atoms with Crippen LogP contribution in [-0.2, 0) is 7.05 Å². The van der Waals surface area contributed by atoms with Crippen molar-refractivity contribution in [3.05, 3.63) is 75.5 Å². The maximum Gasteiger partial charge on any atom is 0.277 e. The van der Waals surface area contributed by atoms with E-state index in [-0.39, 0.29) is 11.9 Å². The maximum atomic E-state index is 13.8. The van der Waals surface area contributed by atoms with Crippen LogP contribution in [0.5, 0.6) is 0 Å². The van der Waals surface area contributed by atoms with Crippen LogP contribution >= 0.6 is 11.6 Å². The number of hydrogen-bond acceptors (Lipinski definition) is 4. The number of amides is 1. The average molecular weight is 433 g/mol. The van der Waals surface area contributed by atoms with Crippen LogP contribution < -0.4 is 4.90 Å². The van der Waals surface area contributed by atoms with Crippen LogP contribution in [-0.4, -0.2) is 30.3 Å². The number of pyridine rings is 1. The Kier molecular flexibility index (Phi) is 3.84. The summed E-state index contributed by atoms with van der Waals surface area (Å²) in [5.41, 5.74) is 6.34. The first-order valence-corrected chi connectivity index (χ1v) is 10.8. The summed E-state index contributed by atoms with van der Waals surface area (Å²) in [6, 6.07) is 9.52. The normalized spacial score (nSPS) is 18.3. The van der Waals surface area contributed by atoms with Gasteiger partial charge >= 0.3 is 0 Å². The van der Waals surface area contributed by atoms with Gasteiger partial charge in [0.25, 0.3) is 5.91 Å². The Morgan fingerprint density at radius 3 is 2.55 bits per heavy atom. The van der Waals surface area contributed by atoms with Gasteiger partial charge in [-0.3, -0.25) is 18.8 Å². The molecule has 0 radical (unpaired) electrons.